The molecule has 0 saturated heterocycles. The number of unbranched alkanes of at least 4 members (excludes halogenated alkanes) is 38. The van der Waals surface area contributed by atoms with E-state index in [9.17, 15) is 14.4 Å². The van der Waals surface area contributed by atoms with Crippen LogP contribution in [0.2, 0.25) is 0 Å². The molecular formula is C53H102O6. The lowest BCUT2D eigenvalue weighted by atomic mass is 10.0. The maximum Gasteiger partial charge on any atom is 0.306 e. The Morgan fingerprint density at radius 2 is 0.458 bits per heavy atom. The second kappa shape index (κ2) is 49.1. The summed E-state index contributed by atoms with van der Waals surface area (Å²) in [4.78, 5) is 37.9. The van der Waals surface area contributed by atoms with E-state index in [1.807, 2.05) is 0 Å². The number of rotatable bonds is 49. The fourth-order valence-corrected chi connectivity index (χ4v) is 8.09. The molecule has 0 bridgehead atoms. The zero-order valence-electron chi connectivity index (χ0n) is 40.1. The Morgan fingerprint density at radius 1 is 0.271 bits per heavy atom. The lowest BCUT2D eigenvalue weighted by Crippen LogP contribution is -2.30. The van der Waals surface area contributed by atoms with E-state index in [1.165, 1.54) is 205 Å². The smallest absolute Gasteiger partial charge is 0.306 e. The van der Waals surface area contributed by atoms with Crippen LogP contribution in [0.5, 0.6) is 0 Å². The average Bonchev–Trinajstić information content (AvgIpc) is 3.23. The van der Waals surface area contributed by atoms with Crippen LogP contribution in [-0.4, -0.2) is 37.2 Å². The SMILES string of the molecule is CCCCCCCCCCCCCCCCCCCC(=O)OC[C@@H](COC(=O)CCCCCCCCCCCCCCC)OC(=O)CCCCCCCCCCCCC. The average molecular weight is 835 g/mol. The van der Waals surface area contributed by atoms with Gasteiger partial charge in [0.05, 0.1) is 0 Å². The van der Waals surface area contributed by atoms with Gasteiger partial charge in [-0.05, 0) is 19.3 Å². The number of carbonyl (C=O) groups is 3. The van der Waals surface area contributed by atoms with E-state index >= 15 is 0 Å². The van der Waals surface area contributed by atoms with Gasteiger partial charge < -0.3 is 14.2 Å². The molecule has 0 N–H and O–H groups in total. The Bertz CT molecular complexity index is 874. The van der Waals surface area contributed by atoms with E-state index in [1.54, 1.807) is 0 Å². The predicted molar refractivity (Wildman–Crippen MR) is 252 cm³/mol. The number of ether oxygens (including phenoxy) is 3. The molecule has 0 amide bonds. The minimum Gasteiger partial charge on any atom is -0.462 e. The Labute approximate surface area is 368 Å². The molecule has 0 radical (unpaired) electrons. The number of hydrogen-bond acceptors (Lipinski definition) is 6. The Morgan fingerprint density at radius 3 is 0.678 bits per heavy atom. The topological polar surface area (TPSA) is 78.9 Å². The molecule has 0 aromatic heterocycles. The standard InChI is InChI=1S/C53H102O6/c1-4-7-10-13-16-19-22-24-25-26-27-29-32-34-37-40-43-46-52(55)58-49-50(59-53(56)47-44-41-38-35-30-21-18-15-12-9-6-3)48-57-51(54)45-42-39-36-33-31-28-23-20-17-14-11-8-5-2/h50H,4-49H2,1-3H3/t50-/m1/s1. The van der Waals surface area contributed by atoms with Crippen LogP contribution in [0.25, 0.3) is 0 Å². The van der Waals surface area contributed by atoms with Gasteiger partial charge >= 0.3 is 17.9 Å². The molecule has 0 aliphatic heterocycles. The van der Waals surface area contributed by atoms with Crippen molar-refractivity contribution in [3.63, 3.8) is 0 Å². The molecule has 0 aromatic rings. The summed E-state index contributed by atoms with van der Waals surface area (Å²) in [6.07, 6.45) is 52.3. The van der Waals surface area contributed by atoms with Crippen molar-refractivity contribution in [2.45, 2.75) is 309 Å². The zero-order chi connectivity index (χ0) is 43.0. The molecular weight excluding hydrogens is 733 g/mol. The maximum atomic E-state index is 12.8. The van der Waals surface area contributed by atoms with Crippen LogP contribution in [-0.2, 0) is 28.6 Å². The van der Waals surface area contributed by atoms with Crippen LogP contribution in [0.15, 0.2) is 0 Å². The highest BCUT2D eigenvalue weighted by Crippen LogP contribution is 2.17. The molecule has 0 fully saturated rings. The third-order valence-electron chi connectivity index (χ3n) is 12.1. The molecule has 0 saturated carbocycles. The van der Waals surface area contributed by atoms with Crippen molar-refractivity contribution in [3.05, 3.63) is 0 Å². The minimum absolute atomic E-state index is 0.0617. The summed E-state index contributed by atoms with van der Waals surface area (Å²) in [6, 6.07) is 0. The highest BCUT2D eigenvalue weighted by molar-refractivity contribution is 5.71. The second-order valence-electron chi connectivity index (χ2n) is 18.2. The number of esters is 3. The zero-order valence-corrected chi connectivity index (χ0v) is 40.1. The van der Waals surface area contributed by atoms with Gasteiger partial charge in [-0.2, -0.15) is 0 Å². The first-order valence-electron chi connectivity index (χ1n) is 26.5. The molecule has 0 rings (SSSR count). The van der Waals surface area contributed by atoms with E-state index in [0.717, 1.165) is 57.8 Å². The highest BCUT2D eigenvalue weighted by Gasteiger charge is 2.19. The fourth-order valence-electron chi connectivity index (χ4n) is 8.09. The normalized spacial score (nSPS) is 11.8. The van der Waals surface area contributed by atoms with Crippen molar-refractivity contribution >= 4 is 17.9 Å². The van der Waals surface area contributed by atoms with Gasteiger partial charge in [-0.3, -0.25) is 14.4 Å². The van der Waals surface area contributed by atoms with Crippen LogP contribution in [0.4, 0.5) is 0 Å². The van der Waals surface area contributed by atoms with E-state index in [4.69, 9.17) is 14.2 Å². The first-order chi connectivity index (χ1) is 29.0. The van der Waals surface area contributed by atoms with Crippen LogP contribution >= 0.6 is 0 Å². The van der Waals surface area contributed by atoms with Crippen LogP contribution in [0.1, 0.15) is 303 Å². The second-order valence-corrected chi connectivity index (χ2v) is 18.2. The van der Waals surface area contributed by atoms with Gasteiger partial charge in [0, 0.05) is 19.3 Å². The molecule has 0 spiro atoms. The first kappa shape index (κ1) is 57.4. The molecule has 0 heterocycles. The summed E-state index contributed by atoms with van der Waals surface area (Å²) in [6.45, 7) is 6.68. The Balaban J connectivity index is 4.26. The Hall–Kier alpha value is -1.59. The summed E-state index contributed by atoms with van der Waals surface area (Å²) in [7, 11) is 0. The lowest BCUT2D eigenvalue weighted by Gasteiger charge is -2.18. The summed E-state index contributed by atoms with van der Waals surface area (Å²) in [5, 5.41) is 0. The third kappa shape index (κ3) is 47.3. The summed E-state index contributed by atoms with van der Waals surface area (Å²) in [5.41, 5.74) is 0. The van der Waals surface area contributed by atoms with Crippen molar-refractivity contribution in [2.24, 2.45) is 0 Å². The van der Waals surface area contributed by atoms with Crippen molar-refractivity contribution in [1.29, 1.82) is 0 Å². The van der Waals surface area contributed by atoms with E-state index in [2.05, 4.69) is 20.8 Å². The molecule has 6 nitrogen and oxygen atoms in total. The molecule has 6 heteroatoms. The minimum atomic E-state index is -0.759. The van der Waals surface area contributed by atoms with E-state index in [0.29, 0.717) is 19.3 Å². The van der Waals surface area contributed by atoms with Gasteiger partial charge in [-0.25, -0.2) is 0 Å². The first-order valence-corrected chi connectivity index (χ1v) is 26.5. The van der Waals surface area contributed by atoms with Crippen molar-refractivity contribution in [3.8, 4) is 0 Å². The molecule has 350 valence electrons. The molecule has 0 unspecified atom stereocenters. The van der Waals surface area contributed by atoms with Crippen molar-refractivity contribution in [1.82, 2.24) is 0 Å². The quantitative estimate of drug-likeness (QED) is 0.0345. The molecule has 0 aromatic carbocycles. The van der Waals surface area contributed by atoms with Crippen LogP contribution in [0.3, 0.4) is 0 Å². The van der Waals surface area contributed by atoms with Gasteiger partial charge in [-0.1, -0.05) is 265 Å². The maximum absolute atomic E-state index is 12.8. The third-order valence-corrected chi connectivity index (χ3v) is 12.1. The molecule has 0 aliphatic carbocycles. The van der Waals surface area contributed by atoms with Crippen molar-refractivity contribution < 1.29 is 28.6 Å². The monoisotopic (exact) mass is 835 g/mol. The van der Waals surface area contributed by atoms with Crippen LogP contribution < -0.4 is 0 Å². The van der Waals surface area contributed by atoms with Gasteiger partial charge in [0.2, 0.25) is 0 Å². The Kier molecular flexibility index (Phi) is 47.7. The molecule has 1 atom stereocenters. The highest BCUT2D eigenvalue weighted by atomic mass is 16.6. The largest absolute Gasteiger partial charge is 0.462 e. The molecule has 59 heavy (non-hydrogen) atoms. The van der Waals surface area contributed by atoms with E-state index in [-0.39, 0.29) is 31.1 Å². The predicted octanol–water partition coefficient (Wildman–Crippen LogP) is 17.2. The summed E-state index contributed by atoms with van der Waals surface area (Å²) in [5.74, 6) is -0.840. The van der Waals surface area contributed by atoms with E-state index < -0.39 is 6.10 Å². The van der Waals surface area contributed by atoms with Gasteiger partial charge in [0.15, 0.2) is 6.10 Å². The van der Waals surface area contributed by atoms with Crippen LogP contribution in [0, 0.1) is 0 Å². The summed E-state index contributed by atoms with van der Waals surface area (Å²) >= 11 is 0. The van der Waals surface area contributed by atoms with Crippen molar-refractivity contribution in [2.75, 3.05) is 13.2 Å². The lowest BCUT2D eigenvalue weighted by molar-refractivity contribution is -0.167. The number of carbonyl (C=O) groups excluding carboxylic acids is 3. The van der Waals surface area contributed by atoms with Gasteiger partial charge in [-0.15, -0.1) is 0 Å². The van der Waals surface area contributed by atoms with Gasteiger partial charge in [0.1, 0.15) is 13.2 Å². The van der Waals surface area contributed by atoms with Gasteiger partial charge in [0.25, 0.3) is 0 Å². The molecule has 0 aliphatic rings. The fraction of sp³-hybridized carbons (Fsp3) is 0.943. The number of hydrogen-bond donors (Lipinski definition) is 0. The summed E-state index contributed by atoms with van der Waals surface area (Å²) < 4.78 is 16.8.